The Balaban J connectivity index is 2.15. The Labute approximate surface area is 163 Å². The van der Waals surface area contributed by atoms with Crippen molar-refractivity contribution in [1.82, 2.24) is 5.32 Å². The maximum atomic E-state index is 13.2. The average Bonchev–Trinajstić information content (AvgIpc) is 2.50. The van der Waals surface area contributed by atoms with Crippen LogP contribution in [0.4, 0.5) is 9.18 Å². The van der Waals surface area contributed by atoms with E-state index in [9.17, 15) is 18.8 Å². The number of carbonyl (C=O) groups is 3. The average molecular weight is 395 g/mol. The van der Waals surface area contributed by atoms with Crippen molar-refractivity contribution >= 4 is 18.0 Å². The van der Waals surface area contributed by atoms with Crippen LogP contribution in [0.3, 0.4) is 0 Å². The quantitative estimate of drug-likeness (QED) is 0.609. The van der Waals surface area contributed by atoms with Gasteiger partial charge in [-0.15, -0.1) is 0 Å². The molecule has 1 aliphatic rings. The number of halogens is 1. The molecule has 1 aromatic carbocycles. The van der Waals surface area contributed by atoms with Gasteiger partial charge in [0.2, 0.25) is 0 Å². The van der Waals surface area contributed by atoms with Crippen LogP contribution in [0.5, 0.6) is 0 Å². The van der Waals surface area contributed by atoms with Crippen LogP contribution in [0.25, 0.3) is 0 Å². The molecule has 0 unspecified atom stereocenters. The molecule has 28 heavy (non-hydrogen) atoms. The summed E-state index contributed by atoms with van der Waals surface area (Å²) in [6.07, 6.45) is -0.456. The molecule has 1 amide bonds. The highest BCUT2D eigenvalue weighted by molar-refractivity contribution is 5.96. The second-order valence-corrected chi connectivity index (χ2v) is 8.20. The Morgan fingerprint density at radius 3 is 2.21 bits per heavy atom. The topological polar surface area (TPSA) is 90.9 Å². The standard InChI is InChI=1S/C20H26FNO6/c1-19(2,3)28-18(25)22-14(10-12-6-8-13(21)9-7-12)11-15-16(23)26-20(4,5)27-17(15)24/h6-9,14-15H,10-11H2,1-5H3,(H,22,25)/t14-/m0/s1. The van der Waals surface area contributed by atoms with Crippen molar-refractivity contribution in [2.75, 3.05) is 0 Å². The molecular formula is C20H26FNO6. The number of nitrogens with one attached hydrogen (secondary N) is 1. The van der Waals surface area contributed by atoms with Gasteiger partial charge in [0, 0.05) is 19.9 Å². The van der Waals surface area contributed by atoms with Crippen LogP contribution in [0.2, 0.25) is 0 Å². The highest BCUT2D eigenvalue weighted by Crippen LogP contribution is 2.26. The maximum Gasteiger partial charge on any atom is 0.407 e. The van der Waals surface area contributed by atoms with Gasteiger partial charge in [-0.2, -0.15) is 0 Å². The highest BCUT2D eigenvalue weighted by atomic mass is 19.1. The van der Waals surface area contributed by atoms with E-state index < -0.39 is 41.4 Å². The molecular weight excluding hydrogens is 369 g/mol. The third-order valence-corrected chi connectivity index (χ3v) is 3.90. The molecule has 1 saturated heterocycles. The molecule has 1 fully saturated rings. The summed E-state index contributed by atoms with van der Waals surface area (Å²) in [4.78, 5) is 36.7. The smallest absolute Gasteiger partial charge is 0.407 e. The first-order chi connectivity index (χ1) is 12.8. The molecule has 7 nitrogen and oxygen atoms in total. The predicted octanol–water partition coefficient (Wildman–Crippen LogP) is 3.10. The maximum absolute atomic E-state index is 13.2. The molecule has 0 aromatic heterocycles. The molecule has 1 aromatic rings. The third kappa shape index (κ3) is 6.51. The second-order valence-electron chi connectivity index (χ2n) is 8.20. The van der Waals surface area contributed by atoms with Crippen molar-refractivity contribution in [2.24, 2.45) is 5.92 Å². The summed E-state index contributed by atoms with van der Waals surface area (Å²) in [6, 6.07) is 5.10. The van der Waals surface area contributed by atoms with Crippen molar-refractivity contribution in [3.63, 3.8) is 0 Å². The van der Waals surface area contributed by atoms with Crippen LogP contribution >= 0.6 is 0 Å². The SMILES string of the molecule is CC(C)(C)OC(=O)N[C@@H](Cc1ccc(F)cc1)CC1C(=O)OC(C)(C)OC1=O. The van der Waals surface area contributed by atoms with Gasteiger partial charge in [-0.25, -0.2) is 9.18 Å². The molecule has 2 rings (SSSR count). The fraction of sp³-hybridized carbons (Fsp3) is 0.550. The van der Waals surface area contributed by atoms with E-state index in [1.807, 2.05) is 0 Å². The van der Waals surface area contributed by atoms with Crippen molar-refractivity contribution in [2.45, 2.75) is 64.9 Å². The van der Waals surface area contributed by atoms with E-state index >= 15 is 0 Å². The van der Waals surface area contributed by atoms with Gasteiger partial charge in [-0.05, 0) is 51.3 Å². The van der Waals surface area contributed by atoms with E-state index in [4.69, 9.17) is 14.2 Å². The molecule has 0 spiro atoms. The normalized spacial score (nSPS) is 18.1. The van der Waals surface area contributed by atoms with E-state index in [0.29, 0.717) is 0 Å². The Kier molecular flexibility index (Phi) is 6.31. The van der Waals surface area contributed by atoms with Crippen molar-refractivity contribution in [3.05, 3.63) is 35.6 Å². The summed E-state index contributed by atoms with van der Waals surface area (Å²) in [5.41, 5.74) is 0.0115. The Morgan fingerprint density at radius 1 is 1.18 bits per heavy atom. The third-order valence-electron chi connectivity index (χ3n) is 3.90. The number of rotatable bonds is 5. The lowest BCUT2D eigenvalue weighted by Crippen LogP contribution is -2.49. The number of benzene rings is 1. The molecule has 0 radical (unpaired) electrons. The van der Waals surface area contributed by atoms with Crippen LogP contribution in [0.15, 0.2) is 24.3 Å². The van der Waals surface area contributed by atoms with Crippen LogP contribution in [-0.4, -0.2) is 35.5 Å². The molecule has 0 aliphatic carbocycles. The first-order valence-corrected chi connectivity index (χ1v) is 9.04. The largest absolute Gasteiger partial charge is 0.444 e. The van der Waals surface area contributed by atoms with Gasteiger partial charge >= 0.3 is 18.0 Å². The number of esters is 2. The van der Waals surface area contributed by atoms with Gasteiger partial charge in [0.05, 0.1) is 0 Å². The predicted molar refractivity (Wildman–Crippen MR) is 97.6 cm³/mol. The molecule has 1 atom stereocenters. The number of cyclic esters (lactones) is 2. The van der Waals surface area contributed by atoms with Gasteiger partial charge in [-0.3, -0.25) is 9.59 Å². The monoisotopic (exact) mass is 395 g/mol. The van der Waals surface area contributed by atoms with Gasteiger partial charge in [0.15, 0.2) is 5.92 Å². The van der Waals surface area contributed by atoms with Gasteiger partial charge in [-0.1, -0.05) is 12.1 Å². The molecule has 0 saturated carbocycles. The van der Waals surface area contributed by atoms with E-state index in [2.05, 4.69) is 5.32 Å². The van der Waals surface area contributed by atoms with Crippen molar-refractivity contribution < 1.29 is 33.0 Å². The Morgan fingerprint density at radius 2 is 1.71 bits per heavy atom. The lowest BCUT2D eigenvalue weighted by Gasteiger charge is -2.34. The second kappa shape index (κ2) is 8.16. The molecule has 8 heteroatoms. The summed E-state index contributed by atoms with van der Waals surface area (Å²) in [5.74, 6) is -4.31. The molecule has 1 N–H and O–H groups in total. The Bertz CT molecular complexity index is 718. The van der Waals surface area contributed by atoms with Crippen molar-refractivity contribution in [1.29, 1.82) is 0 Å². The van der Waals surface area contributed by atoms with Gasteiger partial charge in [0.25, 0.3) is 5.79 Å². The van der Waals surface area contributed by atoms with E-state index in [-0.39, 0.29) is 18.7 Å². The van der Waals surface area contributed by atoms with Crippen LogP contribution in [-0.2, 0) is 30.2 Å². The number of carbonyl (C=O) groups excluding carboxylic acids is 3. The van der Waals surface area contributed by atoms with E-state index in [1.54, 1.807) is 32.9 Å². The zero-order valence-corrected chi connectivity index (χ0v) is 16.7. The zero-order valence-electron chi connectivity index (χ0n) is 16.7. The number of hydrogen-bond donors (Lipinski definition) is 1. The fourth-order valence-corrected chi connectivity index (χ4v) is 2.79. The van der Waals surface area contributed by atoms with E-state index in [0.717, 1.165) is 5.56 Å². The van der Waals surface area contributed by atoms with E-state index in [1.165, 1.54) is 26.0 Å². The van der Waals surface area contributed by atoms with Crippen molar-refractivity contribution in [3.8, 4) is 0 Å². The van der Waals surface area contributed by atoms with Gasteiger partial charge < -0.3 is 19.5 Å². The minimum absolute atomic E-state index is 0.0373. The summed E-state index contributed by atoms with van der Waals surface area (Å²) in [6.45, 7) is 8.10. The molecule has 0 bridgehead atoms. The highest BCUT2D eigenvalue weighted by Gasteiger charge is 2.44. The molecule has 154 valence electrons. The molecule has 1 aliphatic heterocycles. The van der Waals surface area contributed by atoms with Crippen LogP contribution < -0.4 is 5.32 Å². The summed E-state index contributed by atoms with van der Waals surface area (Å²) in [5, 5.41) is 2.68. The fourth-order valence-electron chi connectivity index (χ4n) is 2.79. The minimum atomic E-state index is -1.32. The lowest BCUT2D eigenvalue weighted by atomic mass is 9.94. The summed E-state index contributed by atoms with van der Waals surface area (Å²) in [7, 11) is 0. The lowest BCUT2D eigenvalue weighted by molar-refractivity contribution is -0.240. The summed E-state index contributed by atoms with van der Waals surface area (Å²) >= 11 is 0. The van der Waals surface area contributed by atoms with Crippen LogP contribution in [0.1, 0.15) is 46.6 Å². The molecule has 1 heterocycles. The Hall–Kier alpha value is -2.64. The number of amides is 1. The number of ether oxygens (including phenoxy) is 3. The first kappa shape index (κ1) is 21.7. The zero-order chi connectivity index (χ0) is 21.1. The number of hydrogen-bond acceptors (Lipinski definition) is 6. The minimum Gasteiger partial charge on any atom is -0.444 e. The first-order valence-electron chi connectivity index (χ1n) is 9.04. The van der Waals surface area contributed by atoms with Gasteiger partial charge in [0.1, 0.15) is 11.4 Å². The summed E-state index contributed by atoms with van der Waals surface area (Å²) < 4.78 is 28.7. The number of alkyl carbamates (subject to hydrolysis) is 1. The van der Waals surface area contributed by atoms with Crippen LogP contribution in [0, 0.1) is 11.7 Å².